The molecule has 0 spiro atoms. The van der Waals surface area contributed by atoms with E-state index in [2.05, 4.69) is 20.4 Å². The lowest BCUT2D eigenvalue weighted by molar-refractivity contribution is 0.0904. The van der Waals surface area contributed by atoms with Gasteiger partial charge in [0.15, 0.2) is 0 Å². The highest BCUT2D eigenvalue weighted by atomic mass is 16.3. The molecule has 100 valence electrons. The number of fused-ring (bicyclic) bond motifs is 1. The SMILES string of the molecule is CCc1c(C(=O)NC2(CO)CC2)cnc2ncnn12. The molecular weight excluding hydrogens is 246 g/mol. The minimum atomic E-state index is -0.431. The van der Waals surface area contributed by atoms with Crippen molar-refractivity contribution in [2.24, 2.45) is 0 Å². The Hall–Kier alpha value is -2.02. The molecule has 7 nitrogen and oxygen atoms in total. The largest absolute Gasteiger partial charge is 0.394 e. The van der Waals surface area contributed by atoms with Crippen LogP contribution in [-0.4, -0.2) is 42.7 Å². The first kappa shape index (κ1) is 12.0. The van der Waals surface area contributed by atoms with Gasteiger partial charge in [-0.15, -0.1) is 0 Å². The van der Waals surface area contributed by atoms with Crippen molar-refractivity contribution >= 4 is 11.7 Å². The maximum atomic E-state index is 12.3. The number of carbonyl (C=O) groups is 1. The van der Waals surface area contributed by atoms with Crippen LogP contribution in [0.5, 0.6) is 0 Å². The Morgan fingerprint density at radius 2 is 2.32 bits per heavy atom. The summed E-state index contributed by atoms with van der Waals surface area (Å²) in [7, 11) is 0. The average Bonchev–Trinajstić information content (AvgIpc) is 3.03. The van der Waals surface area contributed by atoms with Gasteiger partial charge >= 0.3 is 0 Å². The van der Waals surface area contributed by atoms with Crippen LogP contribution in [0.25, 0.3) is 5.78 Å². The second-order valence-electron chi connectivity index (χ2n) is 4.84. The summed E-state index contributed by atoms with van der Waals surface area (Å²) in [5.74, 6) is 0.269. The van der Waals surface area contributed by atoms with Gasteiger partial charge in [0.1, 0.15) is 6.33 Å². The number of aliphatic hydroxyl groups is 1. The van der Waals surface area contributed by atoms with E-state index < -0.39 is 5.54 Å². The molecule has 2 aromatic rings. The van der Waals surface area contributed by atoms with Gasteiger partial charge in [-0.1, -0.05) is 6.92 Å². The Morgan fingerprint density at radius 3 is 2.95 bits per heavy atom. The third-order valence-electron chi connectivity index (χ3n) is 3.52. The van der Waals surface area contributed by atoms with Crippen molar-refractivity contribution in [3.63, 3.8) is 0 Å². The van der Waals surface area contributed by atoms with Crippen LogP contribution in [0.15, 0.2) is 12.5 Å². The predicted molar refractivity (Wildman–Crippen MR) is 66.7 cm³/mol. The van der Waals surface area contributed by atoms with E-state index in [4.69, 9.17) is 0 Å². The molecule has 0 unspecified atom stereocenters. The summed E-state index contributed by atoms with van der Waals surface area (Å²) in [5, 5.41) is 16.2. The molecule has 19 heavy (non-hydrogen) atoms. The van der Waals surface area contributed by atoms with Gasteiger partial charge in [-0.3, -0.25) is 4.79 Å². The Morgan fingerprint density at radius 1 is 1.53 bits per heavy atom. The number of nitrogens with one attached hydrogen (secondary N) is 1. The van der Waals surface area contributed by atoms with Crippen LogP contribution in [0.4, 0.5) is 0 Å². The first-order valence-corrected chi connectivity index (χ1v) is 6.30. The maximum Gasteiger partial charge on any atom is 0.255 e. The molecule has 1 fully saturated rings. The van der Waals surface area contributed by atoms with Gasteiger partial charge in [0.25, 0.3) is 11.7 Å². The van der Waals surface area contributed by atoms with Gasteiger partial charge in [0.2, 0.25) is 0 Å². The van der Waals surface area contributed by atoms with Crippen LogP contribution in [0.2, 0.25) is 0 Å². The molecule has 1 saturated carbocycles. The first-order valence-electron chi connectivity index (χ1n) is 6.30. The fraction of sp³-hybridized carbons (Fsp3) is 0.500. The second-order valence-corrected chi connectivity index (χ2v) is 4.84. The summed E-state index contributed by atoms with van der Waals surface area (Å²) in [6.45, 7) is 1.92. The summed E-state index contributed by atoms with van der Waals surface area (Å²) >= 11 is 0. The van der Waals surface area contributed by atoms with E-state index in [9.17, 15) is 9.90 Å². The van der Waals surface area contributed by atoms with Gasteiger partial charge in [-0.05, 0) is 19.3 Å². The summed E-state index contributed by atoms with van der Waals surface area (Å²) in [6.07, 6.45) is 5.22. The highest BCUT2D eigenvalue weighted by Gasteiger charge is 2.43. The first-order chi connectivity index (χ1) is 9.19. The standard InChI is InChI=1S/C12H15N5O2/c1-2-9-8(5-13-11-14-7-15-17(9)11)10(19)16-12(6-18)3-4-12/h5,7,18H,2-4,6H2,1H3,(H,16,19). The van der Waals surface area contributed by atoms with Crippen molar-refractivity contribution in [3.05, 3.63) is 23.8 Å². The molecule has 7 heteroatoms. The highest BCUT2D eigenvalue weighted by Crippen LogP contribution is 2.34. The molecule has 2 heterocycles. The molecule has 3 rings (SSSR count). The normalized spacial score (nSPS) is 16.5. The number of rotatable bonds is 4. The van der Waals surface area contributed by atoms with E-state index in [0.717, 1.165) is 18.5 Å². The molecule has 0 bridgehead atoms. The summed E-state index contributed by atoms with van der Waals surface area (Å²) in [4.78, 5) is 20.4. The van der Waals surface area contributed by atoms with Crippen LogP contribution in [-0.2, 0) is 6.42 Å². The topological polar surface area (TPSA) is 92.4 Å². The van der Waals surface area contributed by atoms with Crippen LogP contribution in [0, 0.1) is 0 Å². The quantitative estimate of drug-likeness (QED) is 0.804. The molecule has 0 radical (unpaired) electrons. The number of carbonyl (C=O) groups excluding carboxylic acids is 1. The third kappa shape index (κ3) is 1.95. The molecule has 0 aliphatic heterocycles. The Labute approximate surface area is 109 Å². The molecular formula is C12H15N5O2. The number of amides is 1. The minimum Gasteiger partial charge on any atom is -0.394 e. The lowest BCUT2D eigenvalue weighted by atomic mass is 10.1. The van der Waals surface area contributed by atoms with Crippen LogP contribution < -0.4 is 5.32 Å². The molecule has 0 saturated heterocycles. The molecule has 1 amide bonds. The number of aromatic nitrogens is 4. The predicted octanol–water partition coefficient (Wildman–Crippen LogP) is -0.0586. The van der Waals surface area contributed by atoms with Crippen molar-refractivity contribution in [3.8, 4) is 0 Å². The van der Waals surface area contributed by atoms with Gasteiger partial charge in [0, 0.05) is 6.20 Å². The van der Waals surface area contributed by atoms with E-state index in [1.807, 2.05) is 6.92 Å². The van der Waals surface area contributed by atoms with Crippen molar-refractivity contribution in [2.75, 3.05) is 6.61 Å². The highest BCUT2D eigenvalue weighted by molar-refractivity contribution is 5.96. The molecule has 1 aliphatic carbocycles. The second kappa shape index (κ2) is 4.27. The van der Waals surface area contributed by atoms with E-state index in [-0.39, 0.29) is 12.5 Å². The van der Waals surface area contributed by atoms with Crippen LogP contribution >= 0.6 is 0 Å². The average molecular weight is 261 g/mol. The van der Waals surface area contributed by atoms with Gasteiger partial charge in [0.05, 0.1) is 23.4 Å². The zero-order chi connectivity index (χ0) is 13.5. The number of nitrogens with zero attached hydrogens (tertiary/aromatic N) is 4. The van der Waals surface area contributed by atoms with Crippen molar-refractivity contribution in [1.82, 2.24) is 24.9 Å². The Kier molecular flexibility index (Phi) is 2.70. The minimum absolute atomic E-state index is 0.0286. The van der Waals surface area contributed by atoms with E-state index in [1.54, 1.807) is 4.52 Å². The summed E-state index contributed by atoms with van der Waals surface area (Å²) in [6, 6.07) is 0. The monoisotopic (exact) mass is 261 g/mol. The number of aryl methyl sites for hydroxylation is 1. The van der Waals surface area contributed by atoms with E-state index >= 15 is 0 Å². The molecule has 2 aromatic heterocycles. The molecule has 0 aromatic carbocycles. The van der Waals surface area contributed by atoms with Gasteiger partial charge in [-0.2, -0.15) is 10.1 Å². The number of aliphatic hydroxyl groups excluding tert-OH is 1. The third-order valence-corrected chi connectivity index (χ3v) is 3.52. The van der Waals surface area contributed by atoms with Gasteiger partial charge < -0.3 is 10.4 Å². The fourth-order valence-corrected chi connectivity index (χ4v) is 2.14. The summed E-state index contributed by atoms with van der Waals surface area (Å²) < 4.78 is 1.58. The molecule has 0 atom stereocenters. The summed E-state index contributed by atoms with van der Waals surface area (Å²) in [5.41, 5.74) is 0.827. The van der Waals surface area contributed by atoms with E-state index in [0.29, 0.717) is 17.8 Å². The number of hydrogen-bond acceptors (Lipinski definition) is 5. The zero-order valence-electron chi connectivity index (χ0n) is 10.6. The van der Waals surface area contributed by atoms with Crippen LogP contribution in [0.1, 0.15) is 35.8 Å². The fourth-order valence-electron chi connectivity index (χ4n) is 2.14. The molecule has 2 N–H and O–H groups in total. The van der Waals surface area contributed by atoms with Gasteiger partial charge in [-0.25, -0.2) is 9.50 Å². The lowest BCUT2D eigenvalue weighted by Crippen LogP contribution is -2.40. The Balaban J connectivity index is 1.97. The van der Waals surface area contributed by atoms with Crippen molar-refractivity contribution < 1.29 is 9.90 Å². The zero-order valence-corrected chi connectivity index (χ0v) is 10.6. The van der Waals surface area contributed by atoms with Crippen molar-refractivity contribution in [2.45, 2.75) is 31.7 Å². The van der Waals surface area contributed by atoms with Crippen molar-refractivity contribution in [1.29, 1.82) is 0 Å². The smallest absolute Gasteiger partial charge is 0.255 e. The van der Waals surface area contributed by atoms with Crippen LogP contribution in [0.3, 0.4) is 0 Å². The molecule has 1 aliphatic rings. The number of hydrogen-bond donors (Lipinski definition) is 2. The van der Waals surface area contributed by atoms with E-state index in [1.165, 1.54) is 12.5 Å². The Bertz CT molecular complexity index is 632. The maximum absolute atomic E-state index is 12.3. The lowest BCUT2D eigenvalue weighted by Gasteiger charge is -2.15.